The lowest BCUT2D eigenvalue weighted by Gasteiger charge is -2.25. The highest BCUT2D eigenvalue weighted by molar-refractivity contribution is 6.02. The maximum absolute atomic E-state index is 12.7. The Hall–Kier alpha value is -3.37. The van der Waals surface area contributed by atoms with Crippen LogP contribution in [0.1, 0.15) is 41.1 Å². The smallest absolute Gasteiger partial charge is 0.292 e. The molecule has 142 valence electrons. The maximum Gasteiger partial charge on any atom is 0.292 e. The van der Waals surface area contributed by atoms with Crippen LogP contribution in [-0.4, -0.2) is 33.7 Å². The van der Waals surface area contributed by atoms with Crippen molar-refractivity contribution in [1.29, 1.82) is 5.26 Å². The van der Waals surface area contributed by atoms with Crippen LogP contribution in [0.15, 0.2) is 53.1 Å². The molecule has 7 heteroatoms. The first kappa shape index (κ1) is 18.0. The molecule has 1 N–H and O–H groups in total. The van der Waals surface area contributed by atoms with E-state index in [1.54, 1.807) is 6.07 Å². The minimum Gasteiger partial charge on any atom is -0.455 e. The number of anilines is 1. The molecule has 0 saturated carbocycles. The van der Waals surface area contributed by atoms with Crippen LogP contribution < -0.4 is 5.32 Å². The molecule has 3 aromatic rings. The average Bonchev–Trinajstić information content (AvgIpc) is 3.36. The van der Waals surface area contributed by atoms with Gasteiger partial charge in [-0.05, 0) is 50.2 Å². The Morgan fingerprint density at radius 1 is 1.14 bits per heavy atom. The van der Waals surface area contributed by atoms with E-state index in [1.807, 2.05) is 36.4 Å². The number of nitrogens with one attached hydrogen (secondary N) is 1. The zero-order chi connectivity index (χ0) is 19.3. The van der Waals surface area contributed by atoms with E-state index >= 15 is 0 Å². The number of carbonyl (C=O) groups excluding carboxylic acids is 1. The van der Waals surface area contributed by atoms with Gasteiger partial charge in [-0.1, -0.05) is 24.6 Å². The molecular formula is C21H21N5O2. The van der Waals surface area contributed by atoms with Crippen LogP contribution in [0.25, 0.3) is 5.69 Å². The van der Waals surface area contributed by atoms with Crippen LogP contribution in [0, 0.1) is 11.3 Å². The summed E-state index contributed by atoms with van der Waals surface area (Å²) in [5.74, 6) is 0.910. The Morgan fingerprint density at radius 3 is 2.68 bits per heavy atom. The number of furan rings is 1. The average molecular weight is 375 g/mol. The Balaban J connectivity index is 1.51. The molecule has 1 aliphatic rings. The largest absolute Gasteiger partial charge is 0.455 e. The Labute approximate surface area is 163 Å². The summed E-state index contributed by atoms with van der Waals surface area (Å²) in [5.41, 5.74) is 1.04. The first-order chi connectivity index (χ1) is 13.7. The molecule has 1 amide bonds. The van der Waals surface area contributed by atoms with E-state index in [4.69, 9.17) is 4.42 Å². The number of hydrogen-bond donors (Lipinski definition) is 1. The molecule has 0 aliphatic carbocycles. The fourth-order valence-corrected chi connectivity index (χ4v) is 3.41. The second-order valence-corrected chi connectivity index (χ2v) is 6.82. The van der Waals surface area contributed by atoms with Gasteiger partial charge in [-0.15, -0.1) is 0 Å². The maximum atomic E-state index is 12.7. The SMILES string of the molecule is N#Cc1cnn(-c2ccccc2)c1NC(=O)c1ccc(CN2CCCCC2)o1. The molecule has 0 bridgehead atoms. The molecule has 4 rings (SSSR count). The number of piperidine rings is 1. The highest BCUT2D eigenvalue weighted by Crippen LogP contribution is 2.21. The molecule has 0 atom stereocenters. The lowest BCUT2D eigenvalue weighted by atomic mass is 10.1. The highest BCUT2D eigenvalue weighted by atomic mass is 16.4. The van der Waals surface area contributed by atoms with E-state index in [9.17, 15) is 10.1 Å². The van der Waals surface area contributed by atoms with E-state index in [1.165, 1.54) is 30.1 Å². The van der Waals surface area contributed by atoms with Gasteiger partial charge >= 0.3 is 0 Å². The molecule has 28 heavy (non-hydrogen) atoms. The fourth-order valence-electron chi connectivity index (χ4n) is 3.41. The summed E-state index contributed by atoms with van der Waals surface area (Å²) in [5, 5.41) is 16.4. The van der Waals surface area contributed by atoms with E-state index < -0.39 is 5.91 Å². The van der Waals surface area contributed by atoms with E-state index in [-0.39, 0.29) is 11.3 Å². The first-order valence-electron chi connectivity index (χ1n) is 9.40. The lowest BCUT2D eigenvalue weighted by molar-refractivity contribution is 0.0991. The second kappa shape index (κ2) is 8.11. The van der Waals surface area contributed by atoms with Crippen LogP contribution in [-0.2, 0) is 6.54 Å². The van der Waals surface area contributed by atoms with Crippen molar-refractivity contribution < 1.29 is 9.21 Å². The fraction of sp³-hybridized carbons (Fsp3) is 0.286. The molecular weight excluding hydrogens is 354 g/mol. The Morgan fingerprint density at radius 2 is 1.93 bits per heavy atom. The summed E-state index contributed by atoms with van der Waals surface area (Å²) in [6, 6.07) is 14.9. The van der Waals surface area contributed by atoms with Crippen LogP contribution in [0.5, 0.6) is 0 Å². The summed E-state index contributed by atoms with van der Waals surface area (Å²) >= 11 is 0. The summed E-state index contributed by atoms with van der Waals surface area (Å²) in [6.07, 6.45) is 5.12. The van der Waals surface area contributed by atoms with Gasteiger partial charge in [0.05, 0.1) is 18.4 Å². The van der Waals surface area contributed by atoms with Gasteiger partial charge in [0.15, 0.2) is 11.6 Å². The number of para-hydroxylation sites is 1. The number of hydrogen-bond acceptors (Lipinski definition) is 5. The third kappa shape index (κ3) is 3.82. The molecule has 1 fully saturated rings. The molecule has 0 radical (unpaired) electrons. The molecule has 2 aromatic heterocycles. The van der Waals surface area contributed by atoms with E-state index in [0.29, 0.717) is 12.4 Å². The molecule has 3 heterocycles. The minimum absolute atomic E-state index is 0.219. The van der Waals surface area contributed by atoms with Crippen molar-refractivity contribution >= 4 is 11.7 Å². The van der Waals surface area contributed by atoms with Crippen molar-refractivity contribution in [2.45, 2.75) is 25.8 Å². The normalized spacial score (nSPS) is 14.5. The number of amides is 1. The lowest BCUT2D eigenvalue weighted by Crippen LogP contribution is -2.28. The number of benzene rings is 1. The van der Waals surface area contributed by atoms with Gasteiger partial charge in [0, 0.05) is 0 Å². The molecule has 7 nitrogen and oxygen atoms in total. The first-order valence-corrected chi connectivity index (χ1v) is 9.40. The van der Waals surface area contributed by atoms with Gasteiger partial charge < -0.3 is 9.73 Å². The van der Waals surface area contributed by atoms with Gasteiger partial charge in [-0.2, -0.15) is 10.4 Å². The predicted molar refractivity (Wildman–Crippen MR) is 104 cm³/mol. The zero-order valence-corrected chi connectivity index (χ0v) is 15.5. The van der Waals surface area contributed by atoms with Crippen molar-refractivity contribution in [1.82, 2.24) is 14.7 Å². The van der Waals surface area contributed by atoms with Crippen LogP contribution in [0.4, 0.5) is 5.82 Å². The summed E-state index contributed by atoms with van der Waals surface area (Å²) in [6.45, 7) is 2.83. The molecule has 1 aliphatic heterocycles. The second-order valence-electron chi connectivity index (χ2n) is 6.82. The van der Waals surface area contributed by atoms with E-state index in [2.05, 4.69) is 21.4 Å². The molecule has 1 saturated heterocycles. The van der Waals surface area contributed by atoms with Crippen molar-refractivity contribution in [3.8, 4) is 11.8 Å². The molecule has 1 aromatic carbocycles. The minimum atomic E-state index is -0.404. The quantitative estimate of drug-likeness (QED) is 0.736. The third-order valence-corrected chi connectivity index (χ3v) is 4.84. The number of carbonyl (C=O) groups is 1. The Kier molecular flexibility index (Phi) is 5.22. The van der Waals surface area contributed by atoms with Crippen LogP contribution >= 0.6 is 0 Å². The number of likely N-dealkylation sites (tertiary alicyclic amines) is 1. The summed E-state index contributed by atoms with van der Waals surface area (Å²) in [4.78, 5) is 15.0. The molecule has 0 spiro atoms. The summed E-state index contributed by atoms with van der Waals surface area (Å²) in [7, 11) is 0. The highest BCUT2D eigenvalue weighted by Gasteiger charge is 2.19. The topological polar surface area (TPSA) is 87.1 Å². The van der Waals surface area contributed by atoms with Crippen LogP contribution in [0.3, 0.4) is 0 Å². The number of aromatic nitrogens is 2. The van der Waals surface area contributed by atoms with Crippen molar-refractivity contribution in [2.75, 3.05) is 18.4 Å². The van der Waals surface area contributed by atoms with Gasteiger partial charge in [-0.3, -0.25) is 9.69 Å². The standard InChI is InChI=1S/C21H21N5O2/c22-13-16-14-23-26(17-7-3-1-4-8-17)20(16)24-21(27)19-10-9-18(28-19)15-25-11-5-2-6-12-25/h1,3-4,7-10,14H,2,5-6,11-12,15H2,(H,24,27). The molecule has 0 unspecified atom stereocenters. The number of nitrogens with zero attached hydrogens (tertiary/aromatic N) is 4. The van der Waals surface area contributed by atoms with Crippen molar-refractivity contribution in [3.05, 3.63) is 65.7 Å². The van der Waals surface area contributed by atoms with Gasteiger partial charge in [0.1, 0.15) is 17.4 Å². The number of rotatable bonds is 5. The van der Waals surface area contributed by atoms with Gasteiger partial charge in [0.25, 0.3) is 5.91 Å². The predicted octanol–water partition coefficient (Wildman–Crippen LogP) is 3.58. The van der Waals surface area contributed by atoms with Gasteiger partial charge in [-0.25, -0.2) is 4.68 Å². The van der Waals surface area contributed by atoms with Crippen LogP contribution in [0.2, 0.25) is 0 Å². The monoisotopic (exact) mass is 375 g/mol. The van der Waals surface area contributed by atoms with E-state index in [0.717, 1.165) is 24.5 Å². The zero-order valence-electron chi connectivity index (χ0n) is 15.5. The van der Waals surface area contributed by atoms with Crippen molar-refractivity contribution in [3.63, 3.8) is 0 Å². The summed E-state index contributed by atoms with van der Waals surface area (Å²) < 4.78 is 7.29. The van der Waals surface area contributed by atoms with Crippen molar-refractivity contribution in [2.24, 2.45) is 0 Å². The number of nitriles is 1. The van der Waals surface area contributed by atoms with Gasteiger partial charge in [0.2, 0.25) is 0 Å². The third-order valence-electron chi connectivity index (χ3n) is 4.84. The Bertz CT molecular complexity index is 993.